The number of hydrogen-bond acceptors (Lipinski definition) is 3. The van der Waals surface area contributed by atoms with E-state index >= 15 is 0 Å². The highest BCUT2D eigenvalue weighted by atomic mass is 35.5. The minimum absolute atomic E-state index is 0.0845. The molecule has 5 rings (SSSR count). The molecule has 3 N–H and O–H groups in total. The van der Waals surface area contributed by atoms with E-state index in [-0.39, 0.29) is 23.8 Å². The quantitative estimate of drug-likeness (QED) is 0.600. The second-order valence-corrected chi connectivity index (χ2v) is 8.21. The SMILES string of the molecule is C#Cc1cccc(C(=O)NC2[C@H]3C[C@](O)(c4cc(Cl)cc5[nH]ncc45)C[C@@H]23)c1. The van der Waals surface area contributed by atoms with Gasteiger partial charge in [-0.05, 0) is 60.6 Å². The van der Waals surface area contributed by atoms with Gasteiger partial charge in [0.2, 0.25) is 0 Å². The molecule has 28 heavy (non-hydrogen) atoms. The van der Waals surface area contributed by atoms with Crippen LogP contribution >= 0.6 is 11.6 Å². The summed E-state index contributed by atoms with van der Waals surface area (Å²) in [6.45, 7) is 0. The van der Waals surface area contributed by atoms with Crippen LogP contribution in [0.15, 0.2) is 42.6 Å². The molecule has 140 valence electrons. The first-order valence-corrected chi connectivity index (χ1v) is 9.59. The fourth-order valence-electron chi connectivity index (χ4n) is 4.68. The molecule has 0 aliphatic heterocycles. The predicted octanol–water partition coefficient (Wildman–Crippen LogP) is 3.22. The number of aromatic amines is 1. The highest BCUT2D eigenvalue weighted by Crippen LogP contribution is 2.60. The van der Waals surface area contributed by atoms with Gasteiger partial charge in [-0.2, -0.15) is 5.10 Å². The molecule has 2 aliphatic carbocycles. The Labute approximate surface area is 167 Å². The molecule has 3 aromatic rings. The van der Waals surface area contributed by atoms with Gasteiger partial charge in [-0.15, -0.1) is 6.42 Å². The molecule has 5 nitrogen and oxygen atoms in total. The third-order valence-electron chi connectivity index (χ3n) is 6.09. The number of terminal acetylenes is 1. The van der Waals surface area contributed by atoms with Crippen LogP contribution in [0.5, 0.6) is 0 Å². The van der Waals surface area contributed by atoms with Gasteiger partial charge in [0.15, 0.2) is 0 Å². The number of fused-ring (bicyclic) bond motifs is 2. The van der Waals surface area contributed by atoms with Crippen molar-refractivity contribution >= 4 is 28.4 Å². The number of carbonyl (C=O) groups is 1. The molecule has 2 saturated carbocycles. The molecule has 1 heterocycles. The average molecular weight is 392 g/mol. The van der Waals surface area contributed by atoms with Gasteiger partial charge in [0.25, 0.3) is 5.91 Å². The number of halogens is 1. The molecule has 1 amide bonds. The number of hydrogen-bond donors (Lipinski definition) is 3. The van der Waals surface area contributed by atoms with Gasteiger partial charge in [-0.1, -0.05) is 23.6 Å². The molecule has 0 bridgehead atoms. The zero-order valence-corrected chi connectivity index (χ0v) is 15.7. The molecular formula is C22H18ClN3O2. The zero-order valence-electron chi connectivity index (χ0n) is 14.9. The highest BCUT2D eigenvalue weighted by Gasteiger charge is 2.62. The molecular weight excluding hydrogens is 374 g/mol. The first-order valence-electron chi connectivity index (χ1n) is 9.21. The van der Waals surface area contributed by atoms with Crippen LogP contribution in [0.1, 0.15) is 34.3 Å². The van der Waals surface area contributed by atoms with E-state index in [2.05, 4.69) is 21.4 Å². The van der Waals surface area contributed by atoms with Gasteiger partial charge in [0.1, 0.15) is 0 Å². The molecule has 1 unspecified atom stereocenters. The number of aliphatic hydroxyl groups is 1. The first-order chi connectivity index (χ1) is 13.5. The van der Waals surface area contributed by atoms with E-state index in [0.717, 1.165) is 16.5 Å². The Morgan fingerprint density at radius 1 is 1.32 bits per heavy atom. The molecule has 1 aromatic heterocycles. The van der Waals surface area contributed by atoms with Gasteiger partial charge in [0, 0.05) is 27.6 Å². The lowest BCUT2D eigenvalue weighted by Gasteiger charge is -2.27. The van der Waals surface area contributed by atoms with Crippen molar-refractivity contribution in [2.75, 3.05) is 0 Å². The minimum atomic E-state index is -0.951. The summed E-state index contributed by atoms with van der Waals surface area (Å²) in [6.07, 6.45) is 8.31. The average Bonchev–Trinajstić information content (AvgIpc) is 3.06. The Kier molecular flexibility index (Phi) is 3.77. The third kappa shape index (κ3) is 2.69. The maximum absolute atomic E-state index is 12.5. The summed E-state index contributed by atoms with van der Waals surface area (Å²) in [4.78, 5) is 12.5. The van der Waals surface area contributed by atoms with Crippen molar-refractivity contribution in [3.05, 3.63) is 64.3 Å². The fraction of sp³-hybridized carbons (Fsp3) is 0.273. The summed E-state index contributed by atoms with van der Waals surface area (Å²) in [5, 5.41) is 22.8. The normalized spacial score (nSPS) is 28.0. The number of H-pyrrole nitrogens is 1. The summed E-state index contributed by atoms with van der Waals surface area (Å²) in [6, 6.07) is 10.8. The van der Waals surface area contributed by atoms with E-state index in [4.69, 9.17) is 18.0 Å². The first kappa shape index (κ1) is 17.3. The lowest BCUT2D eigenvalue weighted by atomic mass is 9.86. The lowest BCUT2D eigenvalue weighted by Crippen LogP contribution is -2.33. The van der Waals surface area contributed by atoms with E-state index in [1.165, 1.54) is 0 Å². The van der Waals surface area contributed by atoms with Crippen LogP contribution in [-0.4, -0.2) is 27.3 Å². The second-order valence-electron chi connectivity index (χ2n) is 7.78. The van der Waals surface area contributed by atoms with E-state index in [9.17, 15) is 9.90 Å². The topological polar surface area (TPSA) is 78.0 Å². The van der Waals surface area contributed by atoms with Crippen molar-refractivity contribution in [2.24, 2.45) is 11.8 Å². The number of nitrogens with one attached hydrogen (secondary N) is 2. The van der Waals surface area contributed by atoms with Crippen molar-refractivity contribution in [1.82, 2.24) is 15.5 Å². The third-order valence-corrected chi connectivity index (χ3v) is 6.31. The van der Waals surface area contributed by atoms with Crippen molar-refractivity contribution in [1.29, 1.82) is 0 Å². The molecule has 0 radical (unpaired) electrons. The van der Waals surface area contributed by atoms with Gasteiger partial charge in [-0.25, -0.2) is 0 Å². The van der Waals surface area contributed by atoms with E-state index < -0.39 is 5.60 Å². The van der Waals surface area contributed by atoms with Crippen LogP contribution in [0, 0.1) is 24.2 Å². The number of nitrogens with zero attached hydrogens (tertiary/aromatic N) is 1. The Hall–Kier alpha value is -2.81. The zero-order chi connectivity index (χ0) is 19.5. The monoisotopic (exact) mass is 391 g/mol. The van der Waals surface area contributed by atoms with E-state index in [1.54, 1.807) is 36.5 Å². The summed E-state index contributed by atoms with van der Waals surface area (Å²) in [7, 11) is 0. The Balaban J connectivity index is 1.32. The largest absolute Gasteiger partial charge is 0.385 e. The molecule has 2 aliphatic rings. The maximum atomic E-state index is 12.5. The molecule has 4 atom stereocenters. The van der Waals surface area contributed by atoms with Crippen LogP contribution in [0.2, 0.25) is 5.02 Å². The predicted molar refractivity (Wildman–Crippen MR) is 107 cm³/mol. The minimum Gasteiger partial charge on any atom is -0.385 e. The Bertz CT molecular complexity index is 1130. The second kappa shape index (κ2) is 6.10. The fourth-order valence-corrected chi connectivity index (χ4v) is 4.90. The highest BCUT2D eigenvalue weighted by molar-refractivity contribution is 6.31. The van der Waals surface area contributed by atoms with Crippen LogP contribution in [-0.2, 0) is 5.60 Å². The van der Waals surface area contributed by atoms with Crippen molar-refractivity contribution in [3.8, 4) is 12.3 Å². The summed E-state index contributed by atoms with van der Waals surface area (Å²) in [5.74, 6) is 2.93. The number of benzene rings is 2. The smallest absolute Gasteiger partial charge is 0.251 e. The number of carbonyl (C=O) groups excluding carboxylic acids is 1. The van der Waals surface area contributed by atoms with Gasteiger partial charge in [-0.3, -0.25) is 9.89 Å². The van der Waals surface area contributed by atoms with E-state index in [1.807, 2.05) is 6.07 Å². The molecule has 6 heteroatoms. The van der Waals surface area contributed by atoms with Gasteiger partial charge >= 0.3 is 0 Å². The van der Waals surface area contributed by atoms with Crippen LogP contribution in [0.3, 0.4) is 0 Å². The van der Waals surface area contributed by atoms with Gasteiger partial charge in [0.05, 0.1) is 17.3 Å². The van der Waals surface area contributed by atoms with Crippen LogP contribution in [0.25, 0.3) is 10.9 Å². The standard InChI is InChI=1S/C22H18ClN3O2/c1-2-12-4-3-5-13(6-12)21(27)25-20-15-9-22(28,10-16(15)20)18-7-14(23)8-19-17(18)11-24-26-19/h1,3-8,11,15-16,20,28H,9-10H2,(H,24,26)(H,25,27)/t15-,16+,20?,22+. The lowest BCUT2D eigenvalue weighted by molar-refractivity contribution is 0.0293. The summed E-state index contributed by atoms with van der Waals surface area (Å²) in [5.41, 5.74) is 1.92. The van der Waals surface area contributed by atoms with Gasteiger partial charge < -0.3 is 10.4 Å². The molecule has 2 fully saturated rings. The maximum Gasteiger partial charge on any atom is 0.251 e. The summed E-state index contributed by atoms with van der Waals surface area (Å²) >= 11 is 6.23. The van der Waals surface area contributed by atoms with E-state index in [0.29, 0.717) is 29.0 Å². The van der Waals surface area contributed by atoms with Crippen molar-refractivity contribution in [3.63, 3.8) is 0 Å². The summed E-state index contributed by atoms with van der Waals surface area (Å²) < 4.78 is 0. The Morgan fingerprint density at radius 2 is 2.11 bits per heavy atom. The number of rotatable bonds is 3. The van der Waals surface area contributed by atoms with Crippen LogP contribution in [0.4, 0.5) is 0 Å². The number of aromatic nitrogens is 2. The molecule has 0 spiro atoms. The van der Waals surface area contributed by atoms with Crippen LogP contribution < -0.4 is 5.32 Å². The van der Waals surface area contributed by atoms with Crippen molar-refractivity contribution < 1.29 is 9.90 Å². The number of amides is 1. The van der Waals surface area contributed by atoms with Crippen molar-refractivity contribution in [2.45, 2.75) is 24.5 Å². The Morgan fingerprint density at radius 3 is 2.86 bits per heavy atom. The molecule has 2 aromatic carbocycles. The molecule has 0 saturated heterocycles.